The number of carbonyl (C=O) groups is 2. The molecule has 0 aliphatic carbocycles. The summed E-state index contributed by atoms with van der Waals surface area (Å²) in [6.45, 7) is 0.239. The lowest BCUT2D eigenvalue weighted by Crippen LogP contribution is -2.33. The zero-order valence-corrected chi connectivity index (χ0v) is 18.6. The zero-order chi connectivity index (χ0) is 24.1. The first kappa shape index (κ1) is 23.6. The molecule has 3 aromatic rings. The van der Waals surface area contributed by atoms with Crippen molar-refractivity contribution in [2.24, 2.45) is 4.99 Å². The molecule has 4 rings (SSSR count). The molecule has 1 saturated heterocycles. The Morgan fingerprint density at radius 1 is 0.941 bits per heavy atom. The number of nitrogens with one attached hydrogen (secondary N) is 1. The third kappa shape index (κ3) is 5.85. The lowest BCUT2D eigenvalue weighted by atomic mass is 10.2. The number of hydrogen-bond acceptors (Lipinski definition) is 4. The van der Waals surface area contributed by atoms with Gasteiger partial charge in [-0.2, -0.15) is 13.2 Å². The second kappa shape index (κ2) is 10.1. The van der Waals surface area contributed by atoms with E-state index in [-0.39, 0.29) is 30.5 Å². The number of hydrogen-bond donors (Lipinski definition) is 1. The summed E-state index contributed by atoms with van der Waals surface area (Å²) in [5.74, 6) is -0.588. The number of alkyl halides is 3. The highest BCUT2D eigenvalue weighted by molar-refractivity contribution is 8.15. The molecule has 3 aromatic carbocycles. The summed E-state index contributed by atoms with van der Waals surface area (Å²) in [7, 11) is 0. The fraction of sp³-hybridized carbons (Fsp3) is 0.160. The number of halogens is 3. The average molecular weight is 484 g/mol. The molecule has 1 aliphatic rings. The van der Waals surface area contributed by atoms with E-state index in [1.807, 2.05) is 36.4 Å². The molecule has 1 fully saturated rings. The van der Waals surface area contributed by atoms with E-state index >= 15 is 0 Å². The van der Waals surface area contributed by atoms with Gasteiger partial charge in [-0.25, -0.2) is 4.99 Å². The molecule has 1 atom stereocenters. The molecule has 0 saturated carbocycles. The molecule has 1 N–H and O–H groups in total. The summed E-state index contributed by atoms with van der Waals surface area (Å²) in [5, 5.41) is 2.41. The van der Waals surface area contributed by atoms with Crippen molar-refractivity contribution in [3.05, 3.63) is 96.1 Å². The van der Waals surface area contributed by atoms with E-state index < -0.39 is 17.0 Å². The molecule has 5 nitrogen and oxygen atoms in total. The largest absolute Gasteiger partial charge is 0.416 e. The van der Waals surface area contributed by atoms with Crippen molar-refractivity contribution >= 4 is 40.1 Å². The number of amides is 2. The van der Waals surface area contributed by atoms with Crippen molar-refractivity contribution in [2.75, 3.05) is 5.32 Å². The van der Waals surface area contributed by atoms with Gasteiger partial charge in [0, 0.05) is 12.1 Å². The summed E-state index contributed by atoms with van der Waals surface area (Å²) in [6.07, 6.45) is -4.50. The first-order chi connectivity index (χ1) is 16.3. The first-order valence-electron chi connectivity index (χ1n) is 10.4. The Kier molecular flexibility index (Phi) is 7.02. The van der Waals surface area contributed by atoms with Crippen LogP contribution in [0.2, 0.25) is 0 Å². The van der Waals surface area contributed by atoms with E-state index in [2.05, 4.69) is 10.3 Å². The van der Waals surface area contributed by atoms with Gasteiger partial charge in [0.25, 0.3) is 0 Å². The van der Waals surface area contributed by atoms with Crippen LogP contribution in [0.15, 0.2) is 89.9 Å². The lowest BCUT2D eigenvalue weighted by Gasteiger charge is -2.16. The van der Waals surface area contributed by atoms with Crippen molar-refractivity contribution in [1.29, 1.82) is 0 Å². The Hall–Kier alpha value is -3.59. The monoisotopic (exact) mass is 483 g/mol. The topological polar surface area (TPSA) is 61.8 Å². The molecule has 9 heteroatoms. The van der Waals surface area contributed by atoms with Crippen LogP contribution in [0.3, 0.4) is 0 Å². The van der Waals surface area contributed by atoms with Crippen LogP contribution >= 0.6 is 11.8 Å². The number of amidine groups is 1. The van der Waals surface area contributed by atoms with Crippen molar-refractivity contribution in [3.8, 4) is 0 Å². The van der Waals surface area contributed by atoms with Crippen LogP contribution in [0.5, 0.6) is 0 Å². The van der Waals surface area contributed by atoms with Crippen molar-refractivity contribution in [3.63, 3.8) is 0 Å². The summed E-state index contributed by atoms with van der Waals surface area (Å²) < 4.78 is 38.6. The van der Waals surface area contributed by atoms with Crippen LogP contribution in [0.4, 0.5) is 24.5 Å². The molecule has 0 spiro atoms. The Bertz CT molecular complexity index is 1180. The number of aliphatic imine (C=N–C) groups is 1. The van der Waals surface area contributed by atoms with Crippen LogP contribution in [-0.4, -0.2) is 27.1 Å². The summed E-state index contributed by atoms with van der Waals surface area (Å²) >= 11 is 1.13. The van der Waals surface area contributed by atoms with Gasteiger partial charge in [-0.05, 0) is 42.0 Å². The second-order valence-electron chi connectivity index (χ2n) is 7.57. The highest BCUT2D eigenvalue weighted by Crippen LogP contribution is 2.34. The minimum atomic E-state index is -4.44. The van der Waals surface area contributed by atoms with Gasteiger partial charge in [0.2, 0.25) is 11.8 Å². The highest BCUT2D eigenvalue weighted by Gasteiger charge is 2.39. The number of para-hydroxylation sites is 1. The summed E-state index contributed by atoms with van der Waals surface area (Å²) in [5.41, 5.74) is 1.01. The van der Waals surface area contributed by atoms with Gasteiger partial charge in [-0.15, -0.1) is 0 Å². The number of anilines is 1. The third-order valence-corrected chi connectivity index (χ3v) is 6.23. The molecule has 174 valence electrons. The van der Waals surface area contributed by atoms with Crippen LogP contribution in [0.25, 0.3) is 0 Å². The Labute approximate surface area is 198 Å². The predicted octanol–water partition coefficient (Wildman–Crippen LogP) is 5.87. The van der Waals surface area contributed by atoms with Gasteiger partial charge < -0.3 is 5.32 Å². The molecular formula is C25H20F3N3O2S. The van der Waals surface area contributed by atoms with E-state index in [4.69, 9.17) is 0 Å². The van der Waals surface area contributed by atoms with E-state index in [1.165, 1.54) is 17.0 Å². The second-order valence-corrected chi connectivity index (χ2v) is 8.74. The molecule has 0 radical (unpaired) electrons. The molecular weight excluding hydrogens is 463 g/mol. The van der Waals surface area contributed by atoms with Crippen molar-refractivity contribution < 1.29 is 22.8 Å². The van der Waals surface area contributed by atoms with E-state index in [9.17, 15) is 22.8 Å². The van der Waals surface area contributed by atoms with E-state index in [0.29, 0.717) is 10.9 Å². The first-order valence-corrected chi connectivity index (χ1v) is 11.3. The smallest absolute Gasteiger partial charge is 0.326 e. The number of thioether (sulfide) groups is 1. The fourth-order valence-electron chi connectivity index (χ4n) is 3.37. The Morgan fingerprint density at radius 2 is 1.56 bits per heavy atom. The van der Waals surface area contributed by atoms with Crippen LogP contribution in [-0.2, 0) is 22.3 Å². The van der Waals surface area contributed by atoms with Gasteiger partial charge in [0.15, 0.2) is 5.17 Å². The number of benzene rings is 3. The number of rotatable bonds is 6. The minimum Gasteiger partial charge on any atom is -0.326 e. The summed E-state index contributed by atoms with van der Waals surface area (Å²) in [4.78, 5) is 31.6. The predicted molar refractivity (Wildman–Crippen MR) is 127 cm³/mol. The van der Waals surface area contributed by atoms with E-state index in [1.54, 1.807) is 24.3 Å². The fourth-order valence-corrected chi connectivity index (χ4v) is 4.53. The van der Waals surface area contributed by atoms with Crippen molar-refractivity contribution in [1.82, 2.24) is 4.90 Å². The standard InChI is InChI=1S/C25H20F3N3O2S/c26-25(27,28)18-11-13-20(14-12-18)30-24-31(16-17-7-3-1-4-8-17)23(33)21(34-24)15-22(32)29-19-9-5-2-6-10-19/h1-14,21H,15-16H2,(H,29,32). The van der Waals surface area contributed by atoms with Gasteiger partial charge >= 0.3 is 6.18 Å². The zero-order valence-electron chi connectivity index (χ0n) is 17.8. The Balaban J connectivity index is 1.55. The third-order valence-electron chi connectivity index (χ3n) is 5.05. The maximum atomic E-state index is 13.2. The van der Waals surface area contributed by atoms with Gasteiger partial charge in [-0.3, -0.25) is 14.5 Å². The quantitative estimate of drug-likeness (QED) is 0.477. The van der Waals surface area contributed by atoms with E-state index in [0.717, 1.165) is 29.5 Å². The van der Waals surface area contributed by atoms with Gasteiger partial charge in [-0.1, -0.05) is 60.3 Å². The molecule has 0 bridgehead atoms. The van der Waals surface area contributed by atoms with Crippen LogP contribution in [0.1, 0.15) is 17.5 Å². The Morgan fingerprint density at radius 3 is 2.18 bits per heavy atom. The molecule has 1 aliphatic heterocycles. The maximum absolute atomic E-state index is 13.2. The molecule has 0 aromatic heterocycles. The molecule has 1 unspecified atom stereocenters. The average Bonchev–Trinajstić information content (AvgIpc) is 3.09. The summed E-state index contributed by atoms with van der Waals surface area (Å²) in [6, 6.07) is 22.6. The maximum Gasteiger partial charge on any atom is 0.416 e. The lowest BCUT2D eigenvalue weighted by molar-refractivity contribution is -0.137. The SMILES string of the molecule is O=C(CC1SC(=Nc2ccc(C(F)(F)F)cc2)N(Cc2ccccc2)C1=O)Nc1ccccc1. The molecule has 34 heavy (non-hydrogen) atoms. The number of nitrogens with zero attached hydrogens (tertiary/aromatic N) is 2. The normalized spacial score (nSPS) is 17.3. The number of carbonyl (C=O) groups excluding carboxylic acids is 2. The minimum absolute atomic E-state index is 0.0598. The van der Waals surface area contributed by atoms with Gasteiger partial charge in [0.1, 0.15) is 5.25 Å². The van der Waals surface area contributed by atoms with Crippen LogP contribution in [0, 0.1) is 0 Å². The molecule has 1 heterocycles. The van der Waals surface area contributed by atoms with Crippen LogP contribution < -0.4 is 5.32 Å². The molecule has 2 amide bonds. The highest BCUT2D eigenvalue weighted by atomic mass is 32.2. The van der Waals surface area contributed by atoms with Gasteiger partial charge in [0.05, 0.1) is 17.8 Å². The van der Waals surface area contributed by atoms with Crippen molar-refractivity contribution in [2.45, 2.75) is 24.4 Å².